The SMILES string of the molecule is CCOCCCn1c(NC(=O)c2ccc(-c3cn[nH]c3)s2)nc2cc3[nH]c(=O)[nH]c3cc21. The van der Waals surface area contributed by atoms with E-state index in [2.05, 4.69) is 30.5 Å². The number of H-pyrrole nitrogens is 3. The van der Waals surface area contributed by atoms with Crippen molar-refractivity contribution < 1.29 is 9.53 Å². The summed E-state index contributed by atoms with van der Waals surface area (Å²) in [6, 6.07) is 7.36. The number of benzene rings is 1. The van der Waals surface area contributed by atoms with E-state index in [1.807, 2.05) is 23.6 Å². The zero-order chi connectivity index (χ0) is 22.1. The van der Waals surface area contributed by atoms with E-state index in [-0.39, 0.29) is 11.6 Å². The zero-order valence-corrected chi connectivity index (χ0v) is 18.1. The van der Waals surface area contributed by atoms with E-state index in [4.69, 9.17) is 4.74 Å². The van der Waals surface area contributed by atoms with Crippen LogP contribution < -0.4 is 11.0 Å². The third-order valence-electron chi connectivity index (χ3n) is 5.10. The Balaban J connectivity index is 1.47. The standard InChI is InChI=1S/C21H21N7O3S/c1-2-31-7-3-6-28-16-9-14-13(25-21(30)26-14)8-15(16)24-20(28)27-19(29)18-5-4-17(32-18)12-10-22-23-11-12/h4-5,8-11H,2-3,6-7H2,1H3,(H,22,23)(H,24,27,29)(H2,25,26,30). The molecule has 4 N–H and O–H groups in total. The Hall–Kier alpha value is -3.70. The fraction of sp³-hybridized carbons (Fsp3) is 0.238. The van der Waals surface area contributed by atoms with Crippen LogP contribution in [0.2, 0.25) is 0 Å². The molecule has 11 heteroatoms. The van der Waals surface area contributed by atoms with Gasteiger partial charge in [0.1, 0.15) is 0 Å². The van der Waals surface area contributed by atoms with E-state index >= 15 is 0 Å². The fourth-order valence-corrected chi connectivity index (χ4v) is 4.49. The van der Waals surface area contributed by atoms with Gasteiger partial charge in [-0.15, -0.1) is 11.3 Å². The Kier molecular flexibility index (Phi) is 5.33. The van der Waals surface area contributed by atoms with Crippen LogP contribution in [0.1, 0.15) is 23.0 Å². The molecule has 0 saturated carbocycles. The Morgan fingerprint density at radius 2 is 2.09 bits per heavy atom. The maximum atomic E-state index is 13.0. The van der Waals surface area contributed by atoms with Gasteiger partial charge in [0.2, 0.25) is 5.95 Å². The topological polar surface area (TPSA) is 133 Å². The van der Waals surface area contributed by atoms with Crippen LogP contribution >= 0.6 is 11.3 Å². The molecule has 10 nitrogen and oxygen atoms in total. The van der Waals surface area contributed by atoms with Gasteiger partial charge < -0.3 is 19.3 Å². The molecule has 0 atom stereocenters. The Bertz CT molecular complexity index is 1440. The summed E-state index contributed by atoms with van der Waals surface area (Å²) in [7, 11) is 0. The van der Waals surface area contributed by atoms with Crippen molar-refractivity contribution in [3.63, 3.8) is 0 Å². The Labute approximate surface area is 185 Å². The third-order valence-corrected chi connectivity index (χ3v) is 6.23. The number of hydrogen-bond donors (Lipinski definition) is 4. The number of fused-ring (bicyclic) bond motifs is 2. The summed E-state index contributed by atoms with van der Waals surface area (Å²) in [6.07, 6.45) is 4.27. The van der Waals surface area contributed by atoms with Crippen LogP contribution in [-0.2, 0) is 11.3 Å². The number of carbonyl (C=O) groups is 1. The number of anilines is 1. The smallest absolute Gasteiger partial charge is 0.323 e. The lowest BCUT2D eigenvalue weighted by molar-refractivity contribution is 0.102. The average Bonchev–Trinajstić information content (AvgIpc) is 3.55. The van der Waals surface area contributed by atoms with Crippen LogP contribution in [0.4, 0.5) is 5.95 Å². The fourth-order valence-electron chi connectivity index (χ4n) is 3.61. The second kappa shape index (κ2) is 8.44. The number of ether oxygens (including phenoxy) is 1. The average molecular weight is 452 g/mol. The molecule has 4 heterocycles. The molecule has 0 saturated heterocycles. The molecule has 0 aliphatic rings. The normalized spacial score (nSPS) is 11.5. The molecule has 5 aromatic rings. The number of nitrogens with zero attached hydrogens (tertiary/aromatic N) is 3. The number of amides is 1. The van der Waals surface area contributed by atoms with Crippen molar-refractivity contribution in [2.45, 2.75) is 19.9 Å². The summed E-state index contributed by atoms with van der Waals surface area (Å²) >= 11 is 1.39. The van der Waals surface area contributed by atoms with Crippen molar-refractivity contribution in [1.82, 2.24) is 29.7 Å². The van der Waals surface area contributed by atoms with Gasteiger partial charge >= 0.3 is 5.69 Å². The molecule has 4 aromatic heterocycles. The summed E-state index contributed by atoms with van der Waals surface area (Å²) in [6.45, 7) is 3.82. The van der Waals surface area contributed by atoms with Crippen molar-refractivity contribution in [2.24, 2.45) is 0 Å². The highest BCUT2D eigenvalue weighted by Crippen LogP contribution is 2.29. The maximum Gasteiger partial charge on any atom is 0.323 e. The lowest BCUT2D eigenvalue weighted by Gasteiger charge is -2.10. The second-order valence-corrected chi connectivity index (χ2v) is 8.29. The predicted octanol–water partition coefficient (Wildman–Crippen LogP) is 3.34. The molecule has 0 aliphatic carbocycles. The van der Waals surface area contributed by atoms with Gasteiger partial charge in [0, 0.05) is 36.4 Å². The number of aromatic nitrogens is 6. The van der Waals surface area contributed by atoms with Crippen molar-refractivity contribution in [3.8, 4) is 10.4 Å². The van der Waals surface area contributed by atoms with Crippen LogP contribution in [0.5, 0.6) is 0 Å². The van der Waals surface area contributed by atoms with Gasteiger partial charge in [0.15, 0.2) is 0 Å². The monoisotopic (exact) mass is 451 g/mol. The van der Waals surface area contributed by atoms with Gasteiger partial charge in [-0.3, -0.25) is 15.2 Å². The van der Waals surface area contributed by atoms with Gasteiger partial charge in [0.25, 0.3) is 5.91 Å². The van der Waals surface area contributed by atoms with Crippen LogP contribution in [-0.4, -0.2) is 48.8 Å². The molecule has 0 radical (unpaired) electrons. The minimum absolute atomic E-state index is 0.231. The maximum absolute atomic E-state index is 13.0. The predicted molar refractivity (Wildman–Crippen MR) is 123 cm³/mol. The Morgan fingerprint density at radius 1 is 1.25 bits per heavy atom. The lowest BCUT2D eigenvalue weighted by atomic mass is 10.2. The molecule has 1 amide bonds. The van der Waals surface area contributed by atoms with Gasteiger partial charge in [-0.2, -0.15) is 5.10 Å². The van der Waals surface area contributed by atoms with Crippen LogP contribution in [0, 0.1) is 0 Å². The molecule has 5 rings (SSSR count). The van der Waals surface area contributed by atoms with E-state index in [9.17, 15) is 9.59 Å². The summed E-state index contributed by atoms with van der Waals surface area (Å²) in [5, 5.41) is 9.69. The van der Waals surface area contributed by atoms with E-state index < -0.39 is 0 Å². The number of hydrogen-bond acceptors (Lipinski definition) is 6. The highest BCUT2D eigenvalue weighted by atomic mass is 32.1. The molecule has 0 bridgehead atoms. The first-order valence-corrected chi connectivity index (χ1v) is 11.0. The molecule has 0 unspecified atom stereocenters. The summed E-state index contributed by atoms with van der Waals surface area (Å²) in [4.78, 5) is 36.3. The highest BCUT2D eigenvalue weighted by molar-refractivity contribution is 7.17. The molecule has 0 fully saturated rings. The van der Waals surface area contributed by atoms with E-state index in [1.54, 1.807) is 24.5 Å². The van der Waals surface area contributed by atoms with Gasteiger partial charge in [0.05, 0.1) is 33.1 Å². The Morgan fingerprint density at radius 3 is 2.88 bits per heavy atom. The summed E-state index contributed by atoms with van der Waals surface area (Å²) in [5.74, 6) is 0.222. The summed E-state index contributed by atoms with van der Waals surface area (Å²) < 4.78 is 7.41. The molecule has 32 heavy (non-hydrogen) atoms. The number of imidazole rings is 2. The first kappa shape index (κ1) is 20.2. The van der Waals surface area contributed by atoms with E-state index in [1.165, 1.54) is 11.3 Å². The first-order valence-electron chi connectivity index (χ1n) is 10.2. The van der Waals surface area contributed by atoms with Gasteiger partial charge in [-0.05, 0) is 37.6 Å². The third kappa shape index (κ3) is 3.83. The molecule has 1 aromatic carbocycles. The minimum Gasteiger partial charge on any atom is -0.382 e. The molecule has 164 valence electrons. The first-order chi connectivity index (χ1) is 15.6. The number of nitrogens with one attached hydrogen (secondary N) is 4. The summed E-state index contributed by atoms with van der Waals surface area (Å²) in [5.41, 5.74) is 3.53. The quantitative estimate of drug-likeness (QED) is 0.269. The lowest BCUT2D eigenvalue weighted by Crippen LogP contribution is -2.15. The van der Waals surface area contributed by atoms with E-state index in [0.29, 0.717) is 47.1 Å². The van der Waals surface area contributed by atoms with Crippen LogP contribution in [0.25, 0.3) is 32.5 Å². The number of aromatic amines is 3. The number of carbonyl (C=O) groups excluding carboxylic acids is 1. The molecular weight excluding hydrogens is 430 g/mol. The molecule has 0 aliphatic heterocycles. The van der Waals surface area contributed by atoms with Crippen LogP contribution in [0.15, 0.2) is 41.5 Å². The van der Waals surface area contributed by atoms with Crippen molar-refractivity contribution in [3.05, 3.63) is 52.0 Å². The number of aryl methyl sites for hydroxylation is 1. The van der Waals surface area contributed by atoms with Crippen molar-refractivity contribution >= 4 is 45.3 Å². The van der Waals surface area contributed by atoms with Gasteiger partial charge in [-0.1, -0.05) is 0 Å². The second-order valence-electron chi connectivity index (χ2n) is 7.21. The minimum atomic E-state index is -0.268. The van der Waals surface area contributed by atoms with Gasteiger partial charge in [-0.25, -0.2) is 9.78 Å². The van der Waals surface area contributed by atoms with Crippen molar-refractivity contribution in [2.75, 3.05) is 18.5 Å². The van der Waals surface area contributed by atoms with Crippen molar-refractivity contribution in [1.29, 1.82) is 0 Å². The van der Waals surface area contributed by atoms with Crippen LogP contribution in [0.3, 0.4) is 0 Å². The number of rotatable bonds is 8. The number of thiophene rings is 1. The van der Waals surface area contributed by atoms with E-state index in [0.717, 1.165) is 22.4 Å². The largest absolute Gasteiger partial charge is 0.382 e. The molecule has 0 spiro atoms. The molecular formula is C21H21N7O3S. The zero-order valence-electron chi connectivity index (χ0n) is 17.3. The highest BCUT2D eigenvalue weighted by Gasteiger charge is 2.17.